The Morgan fingerprint density at radius 1 is 1.11 bits per heavy atom. The van der Waals surface area contributed by atoms with Crippen molar-refractivity contribution in [3.8, 4) is 11.5 Å². The van der Waals surface area contributed by atoms with Gasteiger partial charge < -0.3 is 14.4 Å². The van der Waals surface area contributed by atoms with E-state index in [1.54, 1.807) is 26.4 Å². The van der Waals surface area contributed by atoms with Gasteiger partial charge in [0.15, 0.2) is 0 Å². The molecule has 142 valence electrons. The Labute approximate surface area is 158 Å². The fraction of sp³-hybridized carbons (Fsp3) is 0.409. The van der Waals surface area contributed by atoms with Gasteiger partial charge in [0.05, 0.1) is 14.2 Å². The SMILES string of the molecule is COc1ccc(OC)c(CN(C(=O)C2CC2c2ccc(F)cc2)C2CC2)c1. The lowest BCUT2D eigenvalue weighted by Gasteiger charge is -2.24. The van der Waals surface area contributed by atoms with E-state index in [2.05, 4.69) is 0 Å². The summed E-state index contributed by atoms with van der Waals surface area (Å²) in [6.45, 7) is 0.524. The third-order valence-corrected chi connectivity index (χ3v) is 5.50. The monoisotopic (exact) mass is 369 g/mol. The van der Waals surface area contributed by atoms with Gasteiger partial charge in [-0.15, -0.1) is 0 Å². The van der Waals surface area contributed by atoms with Crippen molar-refractivity contribution < 1.29 is 18.7 Å². The van der Waals surface area contributed by atoms with Crippen molar-refractivity contribution in [1.82, 2.24) is 4.90 Å². The van der Waals surface area contributed by atoms with Crippen LogP contribution in [-0.2, 0) is 11.3 Å². The molecule has 1 amide bonds. The fourth-order valence-corrected chi connectivity index (χ4v) is 3.72. The molecule has 0 heterocycles. The van der Waals surface area contributed by atoms with E-state index in [0.717, 1.165) is 41.9 Å². The molecule has 0 bridgehead atoms. The molecule has 4 rings (SSSR count). The number of hydrogen-bond acceptors (Lipinski definition) is 3. The van der Waals surface area contributed by atoms with Crippen LogP contribution >= 0.6 is 0 Å². The first kappa shape index (κ1) is 17.8. The molecule has 27 heavy (non-hydrogen) atoms. The number of carbonyl (C=O) groups is 1. The van der Waals surface area contributed by atoms with Crippen LogP contribution in [0.3, 0.4) is 0 Å². The van der Waals surface area contributed by atoms with Crippen LogP contribution in [0.4, 0.5) is 4.39 Å². The van der Waals surface area contributed by atoms with Crippen molar-refractivity contribution >= 4 is 5.91 Å². The van der Waals surface area contributed by atoms with Gasteiger partial charge in [0, 0.05) is 24.1 Å². The van der Waals surface area contributed by atoms with E-state index in [4.69, 9.17) is 9.47 Å². The quantitative estimate of drug-likeness (QED) is 0.736. The molecule has 4 nitrogen and oxygen atoms in total. The molecule has 0 radical (unpaired) electrons. The summed E-state index contributed by atoms with van der Waals surface area (Å²) in [6.07, 6.45) is 2.93. The van der Waals surface area contributed by atoms with Gasteiger partial charge in [0.2, 0.25) is 5.91 Å². The number of halogens is 1. The van der Waals surface area contributed by atoms with E-state index in [1.807, 2.05) is 23.1 Å². The molecule has 2 saturated carbocycles. The highest BCUT2D eigenvalue weighted by atomic mass is 19.1. The Morgan fingerprint density at radius 2 is 1.85 bits per heavy atom. The van der Waals surface area contributed by atoms with Crippen molar-refractivity contribution in [3.63, 3.8) is 0 Å². The Kier molecular flexibility index (Phi) is 4.77. The number of amides is 1. The Balaban J connectivity index is 1.51. The van der Waals surface area contributed by atoms with Crippen LogP contribution in [0.15, 0.2) is 42.5 Å². The summed E-state index contributed by atoms with van der Waals surface area (Å²) in [6, 6.07) is 12.5. The molecule has 5 heteroatoms. The smallest absolute Gasteiger partial charge is 0.226 e. The van der Waals surface area contributed by atoms with Crippen LogP contribution in [0, 0.1) is 11.7 Å². The first-order valence-corrected chi connectivity index (χ1v) is 9.37. The number of carbonyl (C=O) groups excluding carboxylic acids is 1. The highest BCUT2D eigenvalue weighted by molar-refractivity contribution is 5.83. The zero-order chi connectivity index (χ0) is 19.0. The van der Waals surface area contributed by atoms with Gasteiger partial charge in [-0.2, -0.15) is 0 Å². The summed E-state index contributed by atoms with van der Waals surface area (Å²) in [4.78, 5) is 15.2. The molecule has 0 spiro atoms. The van der Waals surface area contributed by atoms with Gasteiger partial charge in [-0.3, -0.25) is 4.79 Å². The van der Waals surface area contributed by atoms with Crippen molar-refractivity contribution in [1.29, 1.82) is 0 Å². The molecule has 0 aliphatic heterocycles. The van der Waals surface area contributed by atoms with E-state index in [0.29, 0.717) is 12.6 Å². The van der Waals surface area contributed by atoms with E-state index in [1.165, 1.54) is 12.1 Å². The van der Waals surface area contributed by atoms with E-state index >= 15 is 0 Å². The van der Waals surface area contributed by atoms with E-state index in [-0.39, 0.29) is 23.6 Å². The highest BCUT2D eigenvalue weighted by Gasteiger charge is 2.48. The summed E-state index contributed by atoms with van der Waals surface area (Å²) in [5.74, 6) is 1.66. The number of hydrogen-bond donors (Lipinski definition) is 0. The Bertz CT molecular complexity index is 832. The lowest BCUT2D eigenvalue weighted by atomic mass is 10.1. The molecule has 2 atom stereocenters. The summed E-state index contributed by atoms with van der Waals surface area (Å²) < 4.78 is 23.9. The molecule has 2 aromatic rings. The number of benzene rings is 2. The average molecular weight is 369 g/mol. The van der Waals surface area contributed by atoms with E-state index in [9.17, 15) is 9.18 Å². The topological polar surface area (TPSA) is 38.8 Å². The largest absolute Gasteiger partial charge is 0.497 e. The number of rotatable bonds is 7. The van der Waals surface area contributed by atoms with Gasteiger partial charge in [-0.1, -0.05) is 12.1 Å². The van der Waals surface area contributed by atoms with Crippen LogP contribution in [0.5, 0.6) is 11.5 Å². The average Bonchev–Trinajstić information content (AvgIpc) is 3.59. The normalized spacial score (nSPS) is 20.9. The fourth-order valence-electron chi connectivity index (χ4n) is 3.72. The highest BCUT2D eigenvalue weighted by Crippen LogP contribution is 2.49. The molecule has 2 unspecified atom stereocenters. The predicted molar refractivity (Wildman–Crippen MR) is 100 cm³/mol. The van der Waals surface area contributed by atoms with E-state index < -0.39 is 0 Å². The van der Waals surface area contributed by atoms with Crippen LogP contribution in [0.2, 0.25) is 0 Å². The van der Waals surface area contributed by atoms with Crippen LogP contribution in [0.25, 0.3) is 0 Å². The number of methoxy groups -OCH3 is 2. The molecule has 2 fully saturated rings. The summed E-state index contributed by atoms with van der Waals surface area (Å²) >= 11 is 0. The maximum absolute atomic E-state index is 13.2. The minimum absolute atomic E-state index is 0.00679. The molecule has 0 aromatic heterocycles. The molecule has 2 aromatic carbocycles. The molecule has 2 aliphatic rings. The van der Waals surface area contributed by atoms with Crippen molar-refractivity contribution in [2.75, 3.05) is 14.2 Å². The molecule has 0 N–H and O–H groups in total. The Morgan fingerprint density at radius 3 is 2.48 bits per heavy atom. The standard InChI is InChI=1S/C22H24FNO3/c1-26-18-9-10-21(27-2)15(11-18)13-24(17-7-8-17)22(25)20-12-19(20)14-3-5-16(23)6-4-14/h3-6,9-11,17,19-20H,7-8,12-13H2,1-2H3. The second-order valence-corrected chi connectivity index (χ2v) is 7.38. The third kappa shape index (κ3) is 3.77. The summed E-state index contributed by atoms with van der Waals surface area (Å²) in [7, 11) is 3.27. The second-order valence-electron chi connectivity index (χ2n) is 7.38. The van der Waals surface area contributed by atoms with Gasteiger partial charge in [-0.25, -0.2) is 4.39 Å². The van der Waals surface area contributed by atoms with Crippen molar-refractivity contribution in [2.24, 2.45) is 5.92 Å². The summed E-state index contributed by atoms with van der Waals surface area (Å²) in [5.41, 5.74) is 2.00. The third-order valence-electron chi connectivity index (χ3n) is 5.50. The molecule has 0 saturated heterocycles. The zero-order valence-corrected chi connectivity index (χ0v) is 15.7. The lowest BCUT2D eigenvalue weighted by Crippen LogP contribution is -2.34. The van der Waals surface area contributed by atoms with Crippen LogP contribution in [0.1, 0.15) is 36.3 Å². The maximum atomic E-state index is 13.2. The van der Waals surface area contributed by atoms with Crippen LogP contribution in [-0.4, -0.2) is 31.1 Å². The molecular formula is C22H24FNO3. The predicted octanol–water partition coefficient (Wildman–Crippen LogP) is 4.14. The van der Waals surface area contributed by atoms with Crippen LogP contribution < -0.4 is 9.47 Å². The first-order chi connectivity index (χ1) is 13.1. The Hall–Kier alpha value is -2.56. The van der Waals surface area contributed by atoms with Crippen molar-refractivity contribution in [2.45, 2.75) is 37.8 Å². The molecule has 2 aliphatic carbocycles. The number of ether oxygens (including phenoxy) is 2. The molecular weight excluding hydrogens is 345 g/mol. The second kappa shape index (κ2) is 7.22. The number of nitrogens with zero attached hydrogens (tertiary/aromatic N) is 1. The van der Waals surface area contributed by atoms with Gasteiger partial charge in [-0.05, 0) is 61.1 Å². The summed E-state index contributed by atoms with van der Waals surface area (Å²) in [5, 5.41) is 0. The lowest BCUT2D eigenvalue weighted by molar-refractivity contribution is -0.133. The maximum Gasteiger partial charge on any atom is 0.226 e. The minimum atomic E-state index is -0.244. The van der Waals surface area contributed by atoms with Gasteiger partial charge >= 0.3 is 0 Å². The van der Waals surface area contributed by atoms with Crippen molar-refractivity contribution in [3.05, 3.63) is 59.4 Å². The minimum Gasteiger partial charge on any atom is -0.497 e. The van der Waals surface area contributed by atoms with Gasteiger partial charge in [0.1, 0.15) is 17.3 Å². The zero-order valence-electron chi connectivity index (χ0n) is 15.7. The first-order valence-electron chi connectivity index (χ1n) is 9.37. The van der Waals surface area contributed by atoms with Gasteiger partial charge in [0.25, 0.3) is 0 Å².